The Bertz CT molecular complexity index is 978. The van der Waals surface area contributed by atoms with Gasteiger partial charge in [-0.2, -0.15) is 0 Å². The van der Waals surface area contributed by atoms with Crippen LogP contribution < -0.4 is 14.8 Å². The van der Waals surface area contributed by atoms with E-state index in [1.54, 1.807) is 18.4 Å². The molecule has 4 rings (SSSR count). The lowest BCUT2D eigenvalue weighted by Gasteiger charge is -2.40. The number of fused-ring (bicyclic) bond motifs is 1. The number of ether oxygens (including phenoxy) is 2. The topological polar surface area (TPSA) is 50.8 Å². The second-order valence-electron chi connectivity index (χ2n) is 8.87. The second-order valence-corrected chi connectivity index (χ2v) is 9.96. The summed E-state index contributed by atoms with van der Waals surface area (Å²) in [6.07, 6.45) is 4.10. The number of hydrogen-bond donors (Lipinski definition) is 1. The average molecular weight is 441 g/mol. The number of thiophene rings is 1. The molecule has 0 radical (unpaired) electrons. The van der Waals surface area contributed by atoms with E-state index in [1.807, 2.05) is 29.2 Å². The van der Waals surface area contributed by atoms with Gasteiger partial charge in [0.1, 0.15) is 17.1 Å². The molecule has 1 spiro atoms. The predicted octanol–water partition coefficient (Wildman–Crippen LogP) is 4.96. The smallest absolute Gasteiger partial charge is 0.264 e. The molecule has 1 amide bonds. The van der Waals surface area contributed by atoms with Gasteiger partial charge >= 0.3 is 0 Å². The Labute approximate surface area is 189 Å². The van der Waals surface area contributed by atoms with Crippen LogP contribution >= 0.6 is 11.3 Å². The normalized spacial score (nSPS) is 17.3. The minimum Gasteiger partial charge on any atom is -0.496 e. The number of nitrogens with zero attached hydrogens (tertiary/aromatic N) is 1. The number of benzene rings is 1. The number of amides is 1. The molecule has 1 N–H and O–H groups in total. The molecule has 0 aliphatic carbocycles. The van der Waals surface area contributed by atoms with Crippen LogP contribution in [0.15, 0.2) is 36.4 Å². The Morgan fingerprint density at radius 3 is 2.48 bits per heavy atom. The van der Waals surface area contributed by atoms with Crippen molar-refractivity contribution in [2.75, 3.05) is 20.2 Å². The Kier molecular flexibility index (Phi) is 6.13. The van der Waals surface area contributed by atoms with Crippen molar-refractivity contribution in [1.82, 2.24) is 10.2 Å². The van der Waals surface area contributed by atoms with E-state index in [0.29, 0.717) is 0 Å². The number of piperidine rings is 1. The monoisotopic (exact) mass is 440 g/mol. The van der Waals surface area contributed by atoms with Gasteiger partial charge in [0.2, 0.25) is 0 Å². The summed E-state index contributed by atoms with van der Waals surface area (Å²) in [6.45, 7) is 10.1. The summed E-state index contributed by atoms with van der Waals surface area (Å²) in [5.41, 5.74) is 1.75. The lowest BCUT2D eigenvalue weighted by molar-refractivity contribution is 0.0648. The van der Waals surface area contributed by atoms with Crippen LogP contribution in [0.2, 0.25) is 0 Å². The van der Waals surface area contributed by atoms with Crippen molar-refractivity contribution in [2.45, 2.75) is 58.2 Å². The molecule has 0 unspecified atom stereocenters. The van der Waals surface area contributed by atoms with E-state index >= 15 is 0 Å². The highest BCUT2D eigenvalue weighted by Gasteiger charge is 2.38. The molecule has 1 fully saturated rings. The van der Waals surface area contributed by atoms with Gasteiger partial charge in [-0.15, -0.1) is 11.3 Å². The molecule has 5 nitrogen and oxygen atoms in total. The molecule has 0 bridgehead atoms. The Morgan fingerprint density at radius 1 is 1.13 bits per heavy atom. The molecule has 0 saturated carbocycles. The number of carbonyl (C=O) groups is 1. The van der Waals surface area contributed by atoms with E-state index in [-0.39, 0.29) is 23.6 Å². The zero-order chi connectivity index (χ0) is 22.2. The van der Waals surface area contributed by atoms with Crippen molar-refractivity contribution in [1.29, 1.82) is 0 Å². The molecule has 1 aromatic heterocycles. The maximum atomic E-state index is 13.2. The molecular formula is C25H32N2O3S. The van der Waals surface area contributed by atoms with Gasteiger partial charge in [-0.3, -0.25) is 4.79 Å². The minimum atomic E-state index is -0.323. The van der Waals surface area contributed by atoms with Crippen LogP contribution in [-0.4, -0.2) is 48.7 Å². The molecule has 0 atom stereocenters. The number of carbonyl (C=O) groups excluding carboxylic acids is 1. The first-order valence-corrected chi connectivity index (χ1v) is 11.9. The highest BCUT2D eigenvalue weighted by atomic mass is 32.1. The van der Waals surface area contributed by atoms with Crippen molar-refractivity contribution in [3.8, 4) is 11.5 Å². The highest BCUT2D eigenvalue weighted by molar-refractivity contribution is 7.15. The fraction of sp³-hybridized carbons (Fsp3) is 0.480. The van der Waals surface area contributed by atoms with Crippen LogP contribution in [0, 0.1) is 0 Å². The molecule has 2 aliphatic rings. The molecule has 2 aromatic rings. The van der Waals surface area contributed by atoms with E-state index in [4.69, 9.17) is 9.47 Å². The number of methoxy groups -OCH3 is 1. The summed E-state index contributed by atoms with van der Waals surface area (Å²) in [7, 11) is 1.69. The largest absolute Gasteiger partial charge is 0.496 e. The summed E-state index contributed by atoms with van der Waals surface area (Å²) in [6, 6.07) is 10.3. The van der Waals surface area contributed by atoms with Crippen LogP contribution in [0.4, 0.5) is 0 Å². The SMILES string of the molecule is COc1cccc2c1C(c1ccc(C(=O)N(C(C)C)C(C)C)s1)=CC1(CCNCC1)O2. The quantitative estimate of drug-likeness (QED) is 0.714. The molecule has 2 aliphatic heterocycles. The highest BCUT2D eigenvalue weighted by Crippen LogP contribution is 2.47. The minimum absolute atomic E-state index is 0.0886. The van der Waals surface area contributed by atoms with Crippen molar-refractivity contribution < 1.29 is 14.3 Å². The maximum Gasteiger partial charge on any atom is 0.264 e. The van der Waals surface area contributed by atoms with Crippen LogP contribution in [0.1, 0.15) is 60.6 Å². The lowest BCUT2D eigenvalue weighted by atomic mass is 9.85. The Hall–Kier alpha value is -2.31. The van der Waals surface area contributed by atoms with E-state index in [1.165, 1.54) is 0 Å². The van der Waals surface area contributed by atoms with Crippen molar-refractivity contribution in [3.05, 3.63) is 51.7 Å². The van der Waals surface area contributed by atoms with Gasteiger partial charge in [0.15, 0.2) is 0 Å². The standard InChI is InChI=1S/C25H32N2O3S/c1-16(2)27(17(3)4)24(28)22-10-9-21(31-22)18-15-25(11-13-26-14-12-25)30-20-8-6-7-19(29-5)23(18)20/h6-10,15-17,26H,11-14H2,1-5H3. The fourth-order valence-corrected chi connectivity index (χ4v) is 5.67. The fourth-order valence-electron chi connectivity index (χ4n) is 4.70. The zero-order valence-corrected chi connectivity index (χ0v) is 19.8. The van der Waals surface area contributed by atoms with Gasteiger partial charge in [0.05, 0.1) is 17.6 Å². The Morgan fingerprint density at radius 2 is 1.84 bits per heavy atom. The summed E-state index contributed by atoms with van der Waals surface area (Å²) in [4.78, 5) is 17.0. The van der Waals surface area contributed by atoms with Crippen molar-refractivity contribution in [3.63, 3.8) is 0 Å². The van der Waals surface area contributed by atoms with Crippen LogP contribution in [0.5, 0.6) is 11.5 Å². The lowest BCUT2D eigenvalue weighted by Crippen LogP contribution is -2.46. The third-order valence-corrected chi connectivity index (χ3v) is 7.18. The maximum absolute atomic E-state index is 13.2. The second kappa shape index (κ2) is 8.67. The number of rotatable bonds is 5. The summed E-state index contributed by atoms with van der Waals surface area (Å²) in [5.74, 6) is 1.73. The van der Waals surface area contributed by atoms with E-state index < -0.39 is 0 Å². The summed E-state index contributed by atoms with van der Waals surface area (Å²) < 4.78 is 12.2. The van der Waals surface area contributed by atoms with Gasteiger partial charge in [-0.1, -0.05) is 6.07 Å². The first-order chi connectivity index (χ1) is 14.8. The first kappa shape index (κ1) is 21.9. The average Bonchev–Trinajstić information content (AvgIpc) is 3.23. The summed E-state index contributed by atoms with van der Waals surface area (Å²) in [5, 5.41) is 3.43. The molecule has 6 heteroatoms. The molecule has 3 heterocycles. The molecule has 1 aromatic carbocycles. The van der Waals surface area contributed by atoms with Gasteiger partial charge in [-0.05, 0) is 71.1 Å². The molecule has 1 saturated heterocycles. The number of hydrogen-bond acceptors (Lipinski definition) is 5. The van der Waals surface area contributed by atoms with Crippen molar-refractivity contribution >= 4 is 22.8 Å². The third-order valence-electron chi connectivity index (χ3n) is 6.08. The van der Waals surface area contributed by atoms with E-state index in [0.717, 1.165) is 58.3 Å². The predicted molar refractivity (Wildman–Crippen MR) is 126 cm³/mol. The van der Waals surface area contributed by atoms with Gasteiger partial charge < -0.3 is 19.7 Å². The van der Waals surface area contributed by atoms with Crippen LogP contribution in [-0.2, 0) is 0 Å². The van der Waals surface area contributed by atoms with Crippen LogP contribution in [0.3, 0.4) is 0 Å². The summed E-state index contributed by atoms with van der Waals surface area (Å²) >= 11 is 1.55. The van der Waals surface area contributed by atoms with Gasteiger partial charge in [-0.25, -0.2) is 0 Å². The van der Waals surface area contributed by atoms with Gasteiger partial charge in [0, 0.05) is 35.4 Å². The molecule has 166 valence electrons. The van der Waals surface area contributed by atoms with Crippen LogP contribution in [0.25, 0.3) is 5.57 Å². The number of nitrogens with one attached hydrogen (secondary N) is 1. The Balaban J connectivity index is 1.78. The van der Waals surface area contributed by atoms with E-state index in [9.17, 15) is 4.79 Å². The van der Waals surface area contributed by atoms with E-state index in [2.05, 4.69) is 45.2 Å². The third kappa shape index (κ3) is 4.11. The first-order valence-electron chi connectivity index (χ1n) is 11.1. The zero-order valence-electron chi connectivity index (χ0n) is 19.0. The molecule has 31 heavy (non-hydrogen) atoms. The van der Waals surface area contributed by atoms with Gasteiger partial charge in [0.25, 0.3) is 5.91 Å². The molecular weight excluding hydrogens is 408 g/mol. The van der Waals surface area contributed by atoms with Crippen molar-refractivity contribution in [2.24, 2.45) is 0 Å².